The van der Waals surface area contributed by atoms with Crippen LogP contribution in [0.25, 0.3) is 0 Å². The molecule has 2 aromatic carbocycles. The highest BCUT2D eigenvalue weighted by Gasteiger charge is 2.12. The van der Waals surface area contributed by atoms with Crippen LogP contribution < -0.4 is 10.5 Å². The smallest absolute Gasteiger partial charge is 0.198 e. The van der Waals surface area contributed by atoms with E-state index in [2.05, 4.69) is 6.92 Å². The summed E-state index contributed by atoms with van der Waals surface area (Å²) in [5, 5.41) is 0. The normalized spacial score (nSPS) is 10.5. The van der Waals surface area contributed by atoms with Gasteiger partial charge in [-0.15, -0.1) is 0 Å². The Bertz CT molecular complexity index is 544. The Morgan fingerprint density at radius 2 is 1.63 bits per heavy atom. The van der Waals surface area contributed by atoms with Crippen molar-refractivity contribution >= 4 is 5.69 Å². The van der Waals surface area contributed by atoms with Crippen molar-refractivity contribution in [3.63, 3.8) is 0 Å². The number of rotatable bonds is 4. The summed E-state index contributed by atoms with van der Waals surface area (Å²) in [6.45, 7) is 2.09. The van der Waals surface area contributed by atoms with E-state index in [1.807, 2.05) is 12.1 Å². The van der Waals surface area contributed by atoms with E-state index in [0.717, 1.165) is 30.5 Å². The van der Waals surface area contributed by atoms with Gasteiger partial charge < -0.3 is 10.5 Å². The molecule has 0 aliphatic rings. The lowest BCUT2D eigenvalue weighted by Gasteiger charge is -2.09. The molecule has 2 N–H and O–H groups in total. The molecule has 0 amide bonds. The summed E-state index contributed by atoms with van der Waals surface area (Å²) in [5.74, 6) is -1.66. The predicted octanol–water partition coefficient (Wildman–Crippen LogP) is 4.29. The van der Waals surface area contributed by atoms with Crippen LogP contribution in [0.15, 0.2) is 36.4 Å². The van der Waals surface area contributed by atoms with Crippen LogP contribution in [0.1, 0.15) is 18.9 Å². The minimum absolute atomic E-state index is 0.0284. The van der Waals surface area contributed by atoms with Gasteiger partial charge in [-0.05, 0) is 24.1 Å². The van der Waals surface area contributed by atoms with Crippen molar-refractivity contribution in [3.05, 3.63) is 53.6 Å². The summed E-state index contributed by atoms with van der Waals surface area (Å²) >= 11 is 0. The molecule has 2 aromatic rings. The first-order chi connectivity index (χ1) is 9.10. The first-order valence-electron chi connectivity index (χ1n) is 6.11. The molecular weight excluding hydrogens is 248 g/mol. The van der Waals surface area contributed by atoms with Crippen molar-refractivity contribution in [3.8, 4) is 11.5 Å². The minimum atomic E-state index is -0.810. The standard InChI is InChI=1S/C15H15F2NO/c1-2-3-10-4-6-12(7-5-10)19-15-13(16)8-11(18)9-14(15)17/h4-9H,2-3,18H2,1H3. The van der Waals surface area contributed by atoms with Gasteiger partial charge in [-0.2, -0.15) is 0 Å². The number of halogens is 2. The van der Waals surface area contributed by atoms with Gasteiger partial charge in [0.05, 0.1) is 0 Å². The van der Waals surface area contributed by atoms with Crippen LogP contribution in [0.3, 0.4) is 0 Å². The molecule has 2 nitrogen and oxygen atoms in total. The fourth-order valence-corrected chi connectivity index (χ4v) is 1.81. The summed E-state index contributed by atoms with van der Waals surface area (Å²) in [6.07, 6.45) is 2.01. The highest BCUT2D eigenvalue weighted by Crippen LogP contribution is 2.29. The van der Waals surface area contributed by atoms with E-state index in [0.29, 0.717) is 5.75 Å². The van der Waals surface area contributed by atoms with E-state index in [4.69, 9.17) is 10.5 Å². The Labute approximate surface area is 110 Å². The summed E-state index contributed by atoms with van der Waals surface area (Å²) in [7, 11) is 0. The molecule has 2 rings (SSSR count). The first-order valence-corrected chi connectivity index (χ1v) is 6.11. The number of aryl methyl sites for hydroxylation is 1. The van der Waals surface area contributed by atoms with E-state index in [-0.39, 0.29) is 5.69 Å². The third kappa shape index (κ3) is 3.22. The van der Waals surface area contributed by atoms with Crippen molar-refractivity contribution in [1.29, 1.82) is 0 Å². The van der Waals surface area contributed by atoms with E-state index in [9.17, 15) is 8.78 Å². The lowest BCUT2D eigenvalue weighted by Crippen LogP contribution is -1.96. The van der Waals surface area contributed by atoms with Gasteiger partial charge in [0, 0.05) is 17.8 Å². The van der Waals surface area contributed by atoms with Crippen molar-refractivity contribution in [2.24, 2.45) is 0 Å². The van der Waals surface area contributed by atoms with Gasteiger partial charge in [-0.3, -0.25) is 0 Å². The van der Waals surface area contributed by atoms with Crippen LogP contribution in [0.2, 0.25) is 0 Å². The van der Waals surface area contributed by atoms with Crippen molar-refractivity contribution in [1.82, 2.24) is 0 Å². The number of anilines is 1. The van der Waals surface area contributed by atoms with Gasteiger partial charge in [0.25, 0.3) is 0 Å². The molecule has 0 saturated heterocycles. The fourth-order valence-electron chi connectivity index (χ4n) is 1.81. The molecule has 0 spiro atoms. The zero-order valence-corrected chi connectivity index (χ0v) is 10.6. The highest BCUT2D eigenvalue weighted by atomic mass is 19.1. The number of nitrogen functional groups attached to an aromatic ring is 1. The van der Waals surface area contributed by atoms with E-state index in [1.165, 1.54) is 0 Å². The van der Waals surface area contributed by atoms with Gasteiger partial charge >= 0.3 is 0 Å². The fraction of sp³-hybridized carbons (Fsp3) is 0.200. The first kappa shape index (κ1) is 13.3. The third-order valence-electron chi connectivity index (χ3n) is 2.70. The Balaban J connectivity index is 2.21. The predicted molar refractivity (Wildman–Crippen MR) is 71.3 cm³/mol. The quantitative estimate of drug-likeness (QED) is 0.835. The Hall–Kier alpha value is -2.10. The van der Waals surface area contributed by atoms with Gasteiger partial charge in [0.15, 0.2) is 17.4 Å². The second-order valence-corrected chi connectivity index (χ2v) is 4.31. The molecule has 0 bridgehead atoms. The van der Waals surface area contributed by atoms with Gasteiger partial charge in [-0.1, -0.05) is 25.5 Å². The molecular formula is C15H15F2NO. The topological polar surface area (TPSA) is 35.2 Å². The molecule has 0 aliphatic heterocycles. The number of ether oxygens (including phenoxy) is 1. The van der Waals surface area contributed by atoms with Crippen LogP contribution in [-0.2, 0) is 6.42 Å². The van der Waals surface area contributed by atoms with E-state index < -0.39 is 17.4 Å². The van der Waals surface area contributed by atoms with E-state index >= 15 is 0 Å². The van der Waals surface area contributed by atoms with Gasteiger partial charge in [-0.25, -0.2) is 8.78 Å². The molecule has 0 aromatic heterocycles. The molecule has 0 atom stereocenters. The number of benzene rings is 2. The second kappa shape index (κ2) is 5.69. The number of nitrogens with two attached hydrogens (primary N) is 1. The van der Waals surface area contributed by atoms with Crippen molar-refractivity contribution in [2.45, 2.75) is 19.8 Å². The maximum Gasteiger partial charge on any atom is 0.198 e. The molecule has 0 radical (unpaired) electrons. The highest BCUT2D eigenvalue weighted by molar-refractivity contribution is 5.45. The third-order valence-corrected chi connectivity index (χ3v) is 2.70. The SMILES string of the molecule is CCCc1ccc(Oc2c(F)cc(N)cc2F)cc1. The minimum Gasteiger partial charge on any atom is -0.451 e. The summed E-state index contributed by atoms with van der Waals surface area (Å²) in [6, 6.07) is 9.21. The monoisotopic (exact) mass is 263 g/mol. The van der Waals surface area contributed by atoms with Crippen LogP contribution in [0.5, 0.6) is 11.5 Å². The second-order valence-electron chi connectivity index (χ2n) is 4.31. The number of hydrogen-bond donors (Lipinski definition) is 1. The largest absolute Gasteiger partial charge is 0.451 e. The van der Waals surface area contributed by atoms with Crippen LogP contribution in [-0.4, -0.2) is 0 Å². The average Bonchev–Trinajstić information content (AvgIpc) is 2.36. The number of hydrogen-bond acceptors (Lipinski definition) is 2. The lowest BCUT2D eigenvalue weighted by atomic mass is 10.1. The van der Waals surface area contributed by atoms with Crippen molar-refractivity contribution < 1.29 is 13.5 Å². The van der Waals surface area contributed by atoms with Gasteiger partial charge in [0.1, 0.15) is 5.75 Å². The molecule has 19 heavy (non-hydrogen) atoms. The average molecular weight is 263 g/mol. The maximum absolute atomic E-state index is 13.6. The van der Waals surface area contributed by atoms with E-state index in [1.54, 1.807) is 12.1 Å². The Morgan fingerprint density at radius 1 is 1.05 bits per heavy atom. The molecule has 0 unspecified atom stereocenters. The molecule has 4 heteroatoms. The van der Waals surface area contributed by atoms with Crippen LogP contribution in [0, 0.1) is 11.6 Å². The lowest BCUT2D eigenvalue weighted by molar-refractivity contribution is 0.408. The molecule has 0 saturated carbocycles. The molecule has 0 fully saturated rings. The van der Waals surface area contributed by atoms with Crippen LogP contribution in [0.4, 0.5) is 14.5 Å². The molecule has 0 aliphatic carbocycles. The Kier molecular flexibility index (Phi) is 4.00. The Morgan fingerprint density at radius 3 is 2.16 bits per heavy atom. The summed E-state index contributed by atoms with van der Waals surface area (Å²) in [5.41, 5.74) is 6.53. The zero-order valence-electron chi connectivity index (χ0n) is 10.6. The van der Waals surface area contributed by atoms with Crippen LogP contribution >= 0.6 is 0 Å². The molecule has 100 valence electrons. The summed E-state index contributed by atoms with van der Waals surface area (Å²) in [4.78, 5) is 0. The molecule has 0 heterocycles. The maximum atomic E-state index is 13.6. The van der Waals surface area contributed by atoms with Crippen molar-refractivity contribution in [2.75, 3.05) is 5.73 Å². The zero-order chi connectivity index (χ0) is 13.8. The van der Waals surface area contributed by atoms with Gasteiger partial charge in [0.2, 0.25) is 0 Å². The summed E-state index contributed by atoms with van der Waals surface area (Å²) < 4.78 is 32.3.